The van der Waals surface area contributed by atoms with Crippen LogP contribution in [0.2, 0.25) is 0 Å². The number of rotatable bonds is 3. The highest BCUT2D eigenvalue weighted by molar-refractivity contribution is 5.66. The Morgan fingerprint density at radius 3 is 2.44 bits per heavy atom. The van der Waals surface area contributed by atoms with E-state index in [9.17, 15) is 4.79 Å². The highest BCUT2D eigenvalue weighted by Crippen LogP contribution is 2.44. The van der Waals surface area contributed by atoms with Gasteiger partial charge in [0.1, 0.15) is 6.10 Å². The van der Waals surface area contributed by atoms with Gasteiger partial charge in [-0.05, 0) is 43.9 Å². The summed E-state index contributed by atoms with van der Waals surface area (Å²) in [5.41, 5.74) is 0. The number of hydrogen-bond acceptors (Lipinski definition) is 2. The second-order valence-corrected chi connectivity index (χ2v) is 5.69. The minimum Gasteiger partial charge on any atom is -0.463 e. The Kier molecular flexibility index (Phi) is 3.88. The van der Waals surface area contributed by atoms with Crippen molar-refractivity contribution in [3.8, 4) is 0 Å². The van der Waals surface area contributed by atoms with Crippen LogP contribution < -0.4 is 0 Å². The fourth-order valence-electron chi connectivity index (χ4n) is 3.69. The average molecular weight is 224 g/mol. The first kappa shape index (κ1) is 11.9. The lowest BCUT2D eigenvalue weighted by molar-refractivity contribution is -0.147. The molecule has 2 unspecified atom stereocenters. The normalized spacial score (nSPS) is 32.9. The smallest absolute Gasteiger partial charge is 0.302 e. The van der Waals surface area contributed by atoms with Crippen molar-refractivity contribution in [2.24, 2.45) is 17.8 Å². The van der Waals surface area contributed by atoms with E-state index in [0.717, 1.165) is 11.8 Å². The van der Waals surface area contributed by atoms with Crippen molar-refractivity contribution in [1.29, 1.82) is 0 Å². The number of carbonyl (C=O) groups excluding carboxylic acids is 1. The zero-order valence-corrected chi connectivity index (χ0v) is 10.6. The molecule has 92 valence electrons. The van der Waals surface area contributed by atoms with Gasteiger partial charge >= 0.3 is 5.97 Å². The van der Waals surface area contributed by atoms with Crippen molar-refractivity contribution < 1.29 is 9.53 Å². The van der Waals surface area contributed by atoms with Crippen molar-refractivity contribution in [3.63, 3.8) is 0 Å². The van der Waals surface area contributed by atoms with E-state index in [4.69, 9.17) is 4.74 Å². The van der Waals surface area contributed by atoms with Crippen LogP contribution in [0.25, 0.3) is 0 Å². The third kappa shape index (κ3) is 2.78. The lowest BCUT2D eigenvalue weighted by Crippen LogP contribution is -2.21. The lowest BCUT2D eigenvalue weighted by atomic mass is 9.88. The highest BCUT2D eigenvalue weighted by atomic mass is 16.5. The van der Waals surface area contributed by atoms with Crippen LogP contribution in [-0.4, -0.2) is 12.1 Å². The largest absolute Gasteiger partial charge is 0.463 e. The molecule has 3 atom stereocenters. The second kappa shape index (κ2) is 5.20. The van der Waals surface area contributed by atoms with Gasteiger partial charge in [0, 0.05) is 6.92 Å². The fraction of sp³-hybridized carbons (Fsp3) is 0.929. The van der Waals surface area contributed by atoms with E-state index in [0.29, 0.717) is 5.92 Å². The van der Waals surface area contributed by atoms with Gasteiger partial charge in [-0.3, -0.25) is 4.79 Å². The van der Waals surface area contributed by atoms with Gasteiger partial charge in [0.2, 0.25) is 0 Å². The molecule has 0 aromatic rings. The first-order valence-corrected chi connectivity index (χ1v) is 6.84. The van der Waals surface area contributed by atoms with E-state index < -0.39 is 0 Å². The molecular formula is C14H24O2. The molecule has 2 aliphatic rings. The van der Waals surface area contributed by atoms with Gasteiger partial charge in [-0.2, -0.15) is 0 Å². The summed E-state index contributed by atoms with van der Waals surface area (Å²) >= 11 is 0. The SMILES string of the molecule is CC(=O)OC(C)[C@@H]1CCC(C2CCCC2)C1. The van der Waals surface area contributed by atoms with Crippen LogP contribution >= 0.6 is 0 Å². The molecule has 2 aliphatic carbocycles. The summed E-state index contributed by atoms with van der Waals surface area (Å²) in [5, 5.41) is 0. The molecule has 0 saturated heterocycles. The first-order valence-electron chi connectivity index (χ1n) is 6.84. The van der Waals surface area contributed by atoms with Gasteiger partial charge in [0.15, 0.2) is 0 Å². The molecule has 0 amide bonds. The van der Waals surface area contributed by atoms with Crippen LogP contribution in [-0.2, 0) is 9.53 Å². The zero-order valence-electron chi connectivity index (χ0n) is 10.6. The standard InChI is InChI=1S/C14H24O2/c1-10(16-11(2)15)13-7-8-14(9-13)12-5-3-4-6-12/h10,12-14H,3-9H2,1-2H3/t10?,13-,14?/m1/s1. The van der Waals surface area contributed by atoms with Crippen molar-refractivity contribution in [1.82, 2.24) is 0 Å². The maximum atomic E-state index is 10.9. The van der Waals surface area contributed by atoms with E-state index in [1.807, 2.05) is 0 Å². The average Bonchev–Trinajstić information content (AvgIpc) is 2.87. The number of hydrogen-bond donors (Lipinski definition) is 0. The Morgan fingerprint density at radius 2 is 1.81 bits per heavy atom. The first-order chi connectivity index (χ1) is 7.66. The van der Waals surface area contributed by atoms with Gasteiger partial charge in [-0.1, -0.05) is 25.7 Å². The Bertz CT molecular complexity index is 243. The monoisotopic (exact) mass is 224 g/mol. The summed E-state index contributed by atoms with van der Waals surface area (Å²) in [6.45, 7) is 3.57. The van der Waals surface area contributed by atoms with Gasteiger partial charge in [-0.25, -0.2) is 0 Å². The second-order valence-electron chi connectivity index (χ2n) is 5.69. The highest BCUT2D eigenvalue weighted by Gasteiger charge is 2.35. The Hall–Kier alpha value is -0.530. The predicted molar refractivity (Wildman–Crippen MR) is 64.0 cm³/mol. The molecule has 2 fully saturated rings. The molecule has 0 aromatic carbocycles. The summed E-state index contributed by atoms with van der Waals surface area (Å²) in [6.07, 6.45) is 9.80. The van der Waals surface area contributed by atoms with Crippen LogP contribution in [0, 0.1) is 17.8 Å². The molecule has 0 N–H and O–H groups in total. The minimum atomic E-state index is -0.128. The van der Waals surface area contributed by atoms with E-state index in [2.05, 4.69) is 6.92 Å². The van der Waals surface area contributed by atoms with Crippen LogP contribution in [0.3, 0.4) is 0 Å². The van der Waals surface area contributed by atoms with Gasteiger partial charge < -0.3 is 4.74 Å². The molecule has 0 aliphatic heterocycles. The summed E-state index contributed by atoms with van der Waals surface area (Å²) in [4.78, 5) is 10.9. The third-order valence-corrected chi connectivity index (χ3v) is 4.60. The van der Waals surface area contributed by atoms with Crippen molar-refractivity contribution in [3.05, 3.63) is 0 Å². The minimum absolute atomic E-state index is 0.128. The molecule has 0 aromatic heterocycles. The third-order valence-electron chi connectivity index (χ3n) is 4.60. The van der Waals surface area contributed by atoms with Crippen molar-refractivity contribution >= 4 is 5.97 Å². The fourth-order valence-corrected chi connectivity index (χ4v) is 3.69. The molecule has 0 heterocycles. The molecule has 2 nitrogen and oxygen atoms in total. The summed E-state index contributed by atoms with van der Waals surface area (Å²) in [6, 6.07) is 0. The lowest BCUT2D eigenvalue weighted by Gasteiger charge is -2.21. The van der Waals surface area contributed by atoms with Crippen LogP contribution in [0.15, 0.2) is 0 Å². The summed E-state index contributed by atoms with van der Waals surface area (Å²) in [7, 11) is 0. The van der Waals surface area contributed by atoms with Crippen molar-refractivity contribution in [2.75, 3.05) is 0 Å². The van der Waals surface area contributed by atoms with E-state index in [1.165, 1.54) is 51.9 Å². The molecule has 0 spiro atoms. The molecule has 2 rings (SSSR count). The van der Waals surface area contributed by atoms with Crippen LogP contribution in [0.1, 0.15) is 58.8 Å². The Balaban J connectivity index is 1.80. The molecular weight excluding hydrogens is 200 g/mol. The summed E-state index contributed by atoms with van der Waals surface area (Å²) in [5.74, 6) is 2.39. The number of ether oxygens (including phenoxy) is 1. The molecule has 16 heavy (non-hydrogen) atoms. The van der Waals surface area contributed by atoms with Gasteiger partial charge in [0.25, 0.3) is 0 Å². The van der Waals surface area contributed by atoms with E-state index in [-0.39, 0.29) is 12.1 Å². The quantitative estimate of drug-likeness (QED) is 0.685. The van der Waals surface area contributed by atoms with Crippen LogP contribution in [0.4, 0.5) is 0 Å². The number of carbonyl (C=O) groups is 1. The molecule has 2 saturated carbocycles. The van der Waals surface area contributed by atoms with E-state index in [1.54, 1.807) is 0 Å². The topological polar surface area (TPSA) is 26.3 Å². The van der Waals surface area contributed by atoms with E-state index >= 15 is 0 Å². The van der Waals surface area contributed by atoms with Crippen LogP contribution in [0.5, 0.6) is 0 Å². The predicted octanol–water partition coefficient (Wildman–Crippen LogP) is 3.54. The molecule has 2 heteroatoms. The van der Waals surface area contributed by atoms with Gasteiger partial charge in [-0.15, -0.1) is 0 Å². The van der Waals surface area contributed by atoms with Gasteiger partial charge in [0.05, 0.1) is 0 Å². The maximum absolute atomic E-state index is 10.9. The zero-order chi connectivity index (χ0) is 11.5. The number of esters is 1. The summed E-state index contributed by atoms with van der Waals surface area (Å²) < 4.78 is 5.31. The molecule has 0 bridgehead atoms. The maximum Gasteiger partial charge on any atom is 0.302 e. The van der Waals surface area contributed by atoms with Crippen molar-refractivity contribution in [2.45, 2.75) is 64.9 Å². The Labute approximate surface area is 98.7 Å². The Morgan fingerprint density at radius 1 is 1.12 bits per heavy atom. The molecule has 0 radical (unpaired) electrons.